The molecule has 0 bridgehead atoms. The summed E-state index contributed by atoms with van der Waals surface area (Å²) in [6, 6.07) is 14.2. The van der Waals surface area contributed by atoms with E-state index in [-0.39, 0.29) is 0 Å². The zero-order valence-corrected chi connectivity index (χ0v) is 14.9. The molecule has 2 aromatic carbocycles. The molecule has 0 atom stereocenters. The molecule has 1 saturated carbocycles. The van der Waals surface area contributed by atoms with Gasteiger partial charge >= 0.3 is 0 Å². The van der Waals surface area contributed by atoms with Crippen LogP contribution in [0.1, 0.15) is 31.2 Å². The van der Waals surface area contributed by atoms with Crippen molar-refractivity contribution in [2.24, 2.45) is 5.92 Å². The molecule has 0 saturated heterocycles. The largest absolute Gasteiger partial charge is 0.497 e. The van der Waals surface area contributed by atoms with E-state index in [1.807, 2.05) is 30.3 Å². The van der Waals surface area contributed by atoms with Crippen LogP contribution in [0.15, 0.2) is 46.9 Å². The molecule has 1 fully saturated rings. The van der Waals surface area contributed by atoms with Gasteiger partial charge in [0.15, 0.2) is 0 Å². The van der Waals surface area contributed by atoms with E-state index in [1.54, 1.807) is 14.2 Å². The quantitative estimate of drug-likeness (QED) is 0.586. The van der Waals surface area contributed by atoms with Crippen LogP contribution in [0.5, 0.6) is 11.5 Å². The second-order valence-corrected chi connectivity index (χ2v) is 6.86. The second-order valence-electron chi connectivity index (χ2n) is 6.86. The van der Waals surface area contributed by atoms with Crippen LogP contribution >= 0.6 is 0 Å². The Bertz CT molecular complexity index is 872. The van der Waals surface area contributed by atoms with Crippen molar-refractivity contribution in [3.63, 3.8) is 0 Å². The van der Waals surface area contributed by atoms with Crippen molar-refractivity contribution >= 4 is 11.0 Å². The van der Waals surface area contributed by atoms with Gasteiger partial charge in [-0.3, -0.25) is 0 Å². The zero-order valence-electron chi connectivity index (χ0n) is 14.9. The number of rotatable bonds is 5. The molecular weight excluding hydrogens is 312 g/mol. The van der Waals surface area contributed by atoms with Gasteiger partial charge in [-0.25, -0.2) is 0 Å². The first-order valence-corrected chi connectivity index (χ1v) is 9.02. The minimum Gasteiger partial charge on any atom is -0.497 e. The molecule has 0 N–H and O–H groups in total. The van der Waals surface area contributed by atoms with E-state index in [2.05, 4.69) is 12.1 Å². The van der Waals surface area contributed by atoms with Gasteiger partial charge in [0.25, 0.3) is 0 Å². The smallest absolute Gasteiger partial charge is 0.138 e. The highest BCUT2D eigenvalue weighted by Gasteiger charge is 2.22. The Kier molecular flexibility index (Phi) is 4.39. The number of furan rings is 1. The predicted octanol–water partition coefficient (Wildman–Crippen LogP) is 5.85. The van der Waals surface area contributed by atoms with Crippen LogP contribution in [0.25, 0.3) is 22.3 Å². The first-order chi connectivity index (χ1) is 12.3. The molecule has 0 aliphatic heterocycles. The van der Waals surface area contributed by atoms with E-state index in [0.29, 0.717) is 0 Å². The van der Waals surface area contributed by atoms with Crippen LogP contribution in [-0.4, -0.2) is 14.2 Å². The summed E-state index contributed by atoms with van der Waals surface area (Å²) < 4.78 is 17.1. The summed E-state index contributed by atoms with van der Waals surface area (Å²) in [5.41, 5.74) is 3.29. The lowest BCUT2D eigenvalue weighted by atomic mass is 9.94. The van der Waals surface area contributed by atoms with Gasteiger partial charge in [0, 0.05) is 16.5 Å². The van der Waals surface area contributed by atoms with E-state index >= 15 is 0 Å². The average Bonchev–Trinajstić information content (AvgIpc) is 3.30. The standard InChI is InChI=1S/C22H24O3/c1-23-17-9-5-8-16(13-17)22-20(12-15-6-3-4-7-15)19-14-18(24-2)10-11-21(19)25-22/h5,8-11,13-15H,3-4,6-7,12H2,1-2H3. The van der Waals surface area contributed by atoms with Crippen molar-refractivity contribution in [2.45, 2.75) is 32.1 Å². The highest BCUT2D eigenvalue weighted by molar-refractivity contribution is 5.89. The Hall–Kier alpha value is -2.42. The molecular formula is C22H24O3. The van der Waals surface area contributed by atoms with Crippen molar-refractivity contribution in [3.8, 4) is 22.8 Å². The molecule has 4 rings (SSSR count). The van der Waals surface area contributed by atoms with Crippen molar-refractivity contribution in [1.82, 2.24) is 0 Å². The predicted molar refractivity (Wildman–Crippen MR) is 100 cm³/mol. The number of fused-ring (bicyclic) bond motifs is 1. The van der Waals surface area contributed by atoms with Crippen molar-refractivity contribution < 1.29 is 13.9 Å². The molecule has 1 aromatic heterocycles. The number of methoxy groups -OCH3 is 2. The number of hydrogen-bond acceptors (Lipinski definition) is 3. The third-order valence-corrected chi connectivity index (χ3v) is 5.30. The van der Waals surface area contributed by atoms with E-state index in [9.17, 15) is 0 Å². The maximum atomic E-state index is 6.28. The number of benzene rings is 2. The summed E-state index contributed by atoms with van der Waals surface area (Å²) >= 11 is 0. The zero-order chi connectivity index (χ0) is 17.2. The van der Waals surface area contributed by atoms with Gasteiger partial charge in [0.2, 0.25) is 0 Å². The maximum Gasteiger partial charge on any atom is 0.138 e. The third kappa shape index (κ3) is 3.11. The van der Waals surface area contributed by atoms with Gasteiger partial charge in [-0.1, -0.05) is 37.8 Å². The Morgan fingerprint density at radius 1 is 0.960 bits per heavy atom. The monoisotopic (exact) mass is 336 g/mol. The summed E-state index contributed by atoms with van der Waals surface area (Å²) in [7, 11) is 3.41. The first-order valence-electron chi connectivity index (χ1n) is 9.02. The summed E-state index contributed by atoms with van der Waals surface area (Å²) in [5, 5.41) is 1.17. The topological polar surface area (TPSA) is 31.6 Å². The summed E-state index contributed by atoms with van der Waals surface area (Å²) in [6.45, 7) is 0. The second kappa shape index (κ2) is 6.83. The Morgan fingerprint density at radius 2 is 1.72 bits per heavy atom. The van der Waals surface area contributed by atoms with Gasteiger partial charge in [-0.15, -0.1) is 0 Å². The van der Waals surface area contributed by atoms with E-state index in [0.717, 1.165) is 40.7 Å². The lowest BCUT2D eigenvalue weighted by Gasteiger charge is -2.10. The van der Waals surface area contributed by atoms with Gasteiger partial charge in [-0.05, 0) is 42.7 Å². The molecule has 0 unspecified atom stereocenters. The lowest BCUT2D eigenvalue weighted by molar-refractivity contribution is 0.415. The van der Waals surface area contributed by atoms with Crippen LogP contribution in [0.4, 0.5) is 0 Å². The SMILES string of the molecule is COc1cccc(-c2oc3ccc(OC)cc3c2CC2CCCC2)c1. The van der Waals surface area contributed by atoms with Crippen LogP contribution in [0, 0.1) is 5.92 Å². The number of hydrogen-bond donors (Lipinski definition) is 0. The van der Waals surface area contributed by atoms with Gasteiger partial charge in [0.05, 0.1) is 14.2 Å². The average molecular weight is 336 g/mol. The highest BCUT2D eigenvalue weighted by Crippen LogP contribution is 2.40. The molecule has 1 heterocycles. The lowest BCUT2D eigenvalue weighted by Crippen LogP contribution is -1.99. The molecule has 130 valence electrons. The molecule has 3 aromatic rings. The van der Waals surface area contributed by atoms with E-state index in [1.165, 1.54) is 36.6 Å². The molecule has 0 amide bonds. The van der Waals surface area contributed by atoms with Gasteiger partial charge < -0.3 is 13.9 Å². The number of ether oxygens (including phenoxy) is 2. The molecule has 25 heavy (non-hydrogen) atoms. The fourth-order valence-electron chi connectivity index (χ4n) is 3.96. The minimum absolute atomic E-state index is 0.747. The normalized spacial score (nSPS) is 15.0. The molecule has 1 aliphatic carbocycles. The summed E-state index contributed by atoms with van der Waals surface area (Å²) in [6.07, 6.45) is 6.38. The fourth-order valence-corrected chi connectivity index (χ4v) is 3.96. The van der Waals surface area contributed by atoms with Crippen LogP contribution in [0.3, 0.4) is 0 Å². The van der Waals surface area contributed by atoms with Crippen LogP contribution in [-0.2, 0) is 6.42 Å². The van der Waals surface area contributed by atoms with E-state index in [4.69, 9.17) is 13.9 Å². The van der Waals surface area contributed by atoms with Crippen molar-refractivity contribution in [3.05, 3.63) is 48.0 Å². The molecule has 3 nitrogen and oxygen atoms in total. The van der Waals surface area contributed by atoms with Gasteiger partial charge in [0.1, 0.15) is 22.8 Å². The molecule has 0 radical (unpaired) electrons. The molecule has 3 heteroatoms. The van der Waals surface area contributed by atoms with E-state index < -0.39 is 0 Å². The van der Waals surface area contributed by atoms with Crippen molar-refractivity contribution in [2.75, 3.05) is 14.2 Å². The fraction of sp³-hybridized carbons (Fsp3) is 0.364. The van der Waals surface area contributed by atoms with Crippen LogP contribution < -0.4 is 9.47 Å². The minimum atomic E-state index is 0.747. The molecule has 0 spiro atoms. The van der Waals surface area contributed by atoms with Crippen molar-refractivity contribution in [1.29, 1.82) is 0 Å². The molecule has 1 aliphatic rings. The third-order valence-electron chi connectivity index (χ3n) is 5.30. The summed E-state index contributed by atoms with van der Waals surface area (Å²) in [5.74, 6) is 3.44. The van der Waals surface area contributed by atoms with Gasteiger partial charge in [-0.2, -0.15) is 0 Å². The summed E-state index contributed by atoms with van der Waals surface area (Å²) in [4.78, 5) is 0. The maximum absolute atomic E-state index is 6.28. The van der Waals surface area contributed by atoms with Crippen LogP contribution in [0.2, 0.25) is 0 Å². The Balaban J connectivity index is 1.85. The highest BCUT2D eigenvalue weighted by atomic mass is 16.5. The Morgan fingerprint density at radius 3 is 2.48 bits per heavy atom. The Labute approximate surface area is 148 Å². The first kappa shape index (κ1) is 16.1.